The van der Waals surface area contributed by atoms with Gasteiger partial charge in [0.25, 0.3) is 11.5 Å². The van der Waals surface area contributed by atoms with E-state index in [1.807, 2.05) is 13.8 Å². The Hall–Kier alpha value is -2.96. The summed E-state index contributed by atoms with van der Waals surface area (Å²) in [6, 6.07) is 5.17. The molecule has 7 nitrogen and oxygen atoms in total. The van der Waals surface area contributed by atoms with Crippen molar-refractivity contribution in [1.82, 2.24) is 14.5 Å². The van der Waals surface area contributed by atoms with E-state index in [0.717, 1.165) is 16.8 Å². The lowest BCUT2D eigenvalue weighted by molar-refractivity contribution is -0.141. The highest BCUT2D eigenvalue weighted by molar-refractivity contribution is 5.95. The molecule has 2 aromatic rings. The van der Waals surface area contributed by atoms with Gasteiger partial charge >= 0.3 is 5.97 Å². The van der Waals surface area contributed by atoms with E-state index in [0.29, 0.717) is 6.42 Å². The highest BCUT2D eigenvalue weighted by Gasteiger charge is 2.41. The first kappa shape index (κ1) is 18.8. The fraction of sp³-hybridized carbons (Fsp3) is 0.400. The molecule has 27 heavy (non-hydrogen) atoms. The van der Waals surface area contributed by atoms with E-state index in [4.69, 9.17) is 0 Å². The summed E-state index contributed by atoms with van der Waals surface area (Å²) in [5, 5.41) is 9.61. The monoisotopic (exact) mass is 369 g/mol. The predicted molar refractivity (Wildman–Crippen MR) is 99.8 cm³/mol. The van der Waals surface area contributed by atoms with Crippen molar-refractivity contribution in [3.05, 3.63) is 63.3 Å². The lowest BCUT2D eigenvalue weighted by Crippen LogP contribution is -2.36. The first-order valence-corrected chi connectivity index (χ1v) is 8.96. The molecule has 1 N–H and O–H groups in total. The predicted octanol–water partition coefficient (Wildman–Crippen LogP) is 1.59. The van der Waals surface area contributed by atoms with Crippen LogP contribution in [0.25, 0.3) is 0 Å². The number of amides is 1. The minimum absolute atomic E-state index is 0.0822. The van der Waals surface area contributed by atoms with E-state index in [1.165, 1.54) is 9.47 Å². The van der Waals surface area contributed by atoms with Crippen molar-refractivity contribution in [2.24, 2.45) is 13.0 Å². The van der Waals surface area contributed by atoms with Crippen LogP contribution < -0.4 is 5.56 Å². The number of nitrogens with zero attached hydrogens (tertiary/aromatic N) is 3. The topological polar surface area (TPSA) is 92.5 Å². The number of pyridine rings is 2. The number of hydrogen-bond acceptors (Lipinski definition) is 4. The van der Waals surface area contributed by atoms with Gasteiger partial charge in [-0.2, -0.15) is 0 Å². The van der Waals surface area contributed by atoms with Crippen molar-refractivity contribution in [2.45, 2.75) is 26.2 Å². The number of rotatable bonds is 4. The van der Waals surface area contributed by atoms with Gasteiger partial charge in [-0.25, -0.2) is 0 Å². The number of carbonyl (C=O) groups excluding carboxylic acids is 1. The van der Waals surface area contributed by atoms with E-state index >= 15 is 0 Å². The molecule has 2 atom stereocenters. The van der Waals surface area contributed by atoms with Gasteiger partial charge in [0.05, 0.1) is 5.92 Å². The standard InChI is InChI=1S/C20H23N3O4/c1-4-17-12(2)9-14(18(24)22(17)3)19(25)23-10-15(16(11-23)20(26)27)13-5-7-21-8-6-13/h5-9,15-16H,4,10-11H2,1-3H3,(H,26,27)/t15-,16+/m1/s1. The van der Waals surface area contributed by atoms with Gasteiger partial charge in [0.15, 0.2) is 0 Å². The van der Waals surface area contributed by atoms with Crippen molar-refractivity contribution < 1.29 is 14.7 Å². The molecule has 0 unspecified atom stereocenters. The van der Waals surface area contributed by atoms with Crippen LogP contribution >= 0.6 is 0 Å². The number of aromatic nitrogens is 2. The molecular weight excluding hydrogens is 346 g/mol. The number of likely N-dealkylation sites (tertiary alicyclic amines) is 1. The van der Waals surface area contributed by atoms with Gasteiger partial charge in [-0.3, -0.25) is 19.4 Å². The fourth-order valence-corrected chi connectivity index (χ4v) is 3.94. The Kier molecular flexibility index (Phi) is 5.12. The number of carboxylic acid groups (broad SMARTS) is 1. The Labute approximate surface area is 157 Å². The molecule has 142 valence electrons. The Bertz CT molecular complexity index is 936. The summed E-state index contributed by atoms with van der Waals surface area (Å²) in [4.78, 5) is 42.9. The number of carboxylic acids is 1. The molecule has 1 fully saturated rings. The van der Waals surface area contributed by atoms with Crippen LogP contribution in [0.1, 0.15) is 40.0 Å². The van der Waals surface area contributed by atoms with Gasteiger partial charge in [-0.15, -0.1) is 0 Å². The van der Waals surface area contributed by atoms with Crippen LogP contribution in [-0.2, 0) is 18.3 Å². The first-order valence-electron chi connectivity index (χ1n) is 8.96. The number of hydrogen-bond donors (Lipinski definition) is 1. The van der Waals surface area contributed by atoms with Gasteiger partial charge in [0.2, 0.25) is 0 Å². The molecular formula is C20H23N3O4. The molecule has 7 heteroatoms. The van der Waals surface area contributed by atoms with Crippen LogP contribution in [0.5, 0.6) is 0 Å². The summed E-state index contributed by atoms with van der Waals surface area (Å²) < 4.78 is 1.51. The zero-order valence-corrected chi connectivity index (χ0v) is 15.7. The molecule has 1 amide bonds. The highest BCUT2D eigenvalue weighted by Crippen LogP contribution is 2.33. The number of aryl methyl sites for hydroxylation is 1. The van der Waals surface area contributed by atoms with Crippen LogP contribution in [0.3, 0.4) is 0 Å². The number of carbonyl (C=O) groups is 2. The summed E-state index contributed by atoms with van der Waals surface area (Å²) in [5.74, 6) is -2.40. The first-order chi connectivity index (χ1) is 12.8. The van der Waals surface area contributed by atoms with Gasteiger partial charge in [-0.1, -0.05) is 6.92 Å². The summed E-state index contributed by atoms with van der Waals surface area (Å²) >= 11 is 0. The lowest BCUT2D eigenvalue weighted by atomic mass is 9.90. The van der Waals surface area contributed by atoms with Gasteiger partial charge in [0.1, 0.15) is 5.56 Å². The smallest absolute Gasteiger partial charge is 0.308 e. The van der Waals surface area contributed by atoms with Crippen LogP contribution in [0, 0.1) is 12.8 Å². The average molecular weight is 369 g/mol. The highest BCUT2D eigenvalue weighted by atomic mass is 16.4. The summed E-state index contributed by atoms with van der Waals surface area (Å²) in [5.41, 5.74) is 2.34. The van der Waals surface area contributed by atoms with Crippen LogP contribution in [0.4, 0.5) is 0 Å². The molecule has 3 heterocycles. The van der Waals surface area contributed by atoms with Crippen LogP contribution in [-0.4, -0.2) is 44.5 Å². The Balaban J connectivity index is 1.95. The second-order valence-corrected chi connectivity index (χ2v) is 6.95. The SMILES string of the molecule is CCc1c(C)cc(C(=O)N2C[C@H](C(=O)O)[C@@H](c3ccncc3)C2)c(=O)n1C. The van der Waals surface area contributed by atoms with Crippen molar-refractivity contribution in [1.29, 1.82) is 0 Å². The molecule has 0 aliphatic carbocycles. The van der Waals surface area contributed by atoms with E-state index in [2.05, 4.69) is 4.98 Å². The normalized spacial score (nSPS) is 19.3. The maximum Gasteiger partial charge on any atom is 0.308 e. The molecule has 3 rings (SSSR count). The molecule has 2 aromatic heterocycles. The third-order valence-corrected chi connectivity index (χ3v) is 5.38. The Morgan fingerprint density at radius 3 is 2.52 bits per heavy atom. The molecule has 1 aliphatic heterocycles. The van der Waals surface area contributed by atoms with E-state index in [9.17, 15) is 19.5 Å². The molecule has 1 saturated heterocycles. The lowest BCUT2D eigenvalue weighted by Gasteiger charge is -2.18. The average Bonchev–Trinajstić information content (AvgIpc) is 3.11. The van der Waals surface area contributed by atoms with Gasteiger partial charge in [-0.05, 0) is 42.7 Å². The molecule has 0 spiro atoms. The zero-order chi connectivity index (χ0) is 19.7. The third kappa shape index (κ3) is 3.37. The van der Waals surface area contributed by atoms with E-state index < -0.39 is 17.8 Å². The molecule has 0 bridgehead atoms. The van der Waals surface area contributed by atoms with E-state index in [1.54, 1.807) is 37.6 Å². The molecule has 1 aliphatic rings. The zero-order valence-electron chi connectivity index (χ0n) is 15.7. The number of aliphatic carboxylic acids is 1. The second-order valence-electron chi connectivity index (χ2n) is 6.95. The summed E-state index contributed by atoms with van der Waals surface area (Å²) in [6.45, 7) is 4.18. The Morgan fingerprint density at radius 1 is 1.26 bits per heavy atom. The molecule has 0 aromatic carbocycles. The van der Waals surface area contributed by atoms with Crippen molar-refractivity contribution >= 4 is 11.9 Å². The quantitative estimate of drug-likeness (QED) is 0.884. The largest absolute Gasteiger partial charge is 0.481 e. The maximum absolute atomic E-state index is 13.0. The van der Waals surface area contributed by atoms with Crippen molar-refractivity contribution in [2.75, 3.05) is 13.1 Å². The summed E-state index contributed by atoms with van der Waals surface area (Å²) in [6.07, 6.45) is 3.92. The molecule has 0 radical (unpaired) electrons. The second kappa shape index (κ2) is 7.34. The summed E-state index contributed by atoms with van der Waals surface area (Å²) in [7, 11) is 1.66. The van der Waals surface area contributed by atoms with Crippen molar-refractivity contribution in [3.63, 3.8) is 0 Å². The van der Waals surface area contributed by atoms with Gasteiger partial charge < -0.3 is 14.6 Å². The van der Waals surface area contributed by atoms with Gasteiger partial charge in [0, 0.05) is 44.1 Å². The maximum atomic E-state index is 13.0. The van der Waals surface area contributed by atoms with Crippen LogP contribution in [0.2, 0.25) is 0 Å². The van der Waals surface area contributed by atoms with Crippen LogP contribution in [0.15, 0.2) is 35.4 Å². The van der Waals surface area contributed by atoms with Crippen molar-refractivity contribution in [3.8, 4) is 0 Å². The minimum Gasteiger partial charge on any atom is -0.481 e. The van der Waals surface area contributed by atoms with E-state index in [-0.39, 0.29) is 30.1 Å². The Morgan fingerprint density at radius 2 is 1.93 bits per heavy atom. The molecule has 0 saturated carbocycles. The fourth-order valence-electron chi connectivity index (χ4n) is 3.94. The minimum atomic E-state index is -0.947. The third-order valence-electron chi connectivity index (χ3n) is 5.38.